The Hall–Kier alpha value is -3.35. The van der Waals surface area contributed by atoms with Gasteiger partial charge in [0.15, 0.2) is 0 Å². The van der Waals surface area contributed by atoms with Crippen molar-refractivity contribution in [2.75, 3.05) is 12.4 Å². The number of benzene rings is 3. The minimum Gasteiger partial charge on any atom is -0.495 e. The summed E-state index contributed by atoms with van der Waals surface area (Å²) in [5.41, 5.74) is 5.78. The van der Waals surface area contributed by atoms with Crippen LogP contribution in [-0.4, -0.2) is 28.0 Å². The summed E-state index contributed by atoms with van der Waals surface area (Å²) < 4.78 is 5.32. The van der Waals surface area contributed by atoms with Crippen LogP contribution in [-0.2, 0) is 11.2 Å². The van der Waals surface area contributed by atoms with Crippen molar-refractivity contribution in [3.05, 3.63) is 81.3 Å². The van der Waals surface area contributed by atoms with Gasteiger partial charge < -0.3 is 10.1 Å². The summed E-state index contributed by atoms with van der Waals surface area (Å²) in [5.74, 6) is 0.147. The number of nitrogens with zero attached hydrogens (tertiary/aromatic N) is 3. The summed E-state index contributed by atoms with van der Waals surface area (Å²) >= 11 is 12.3. The highest BCUT2D eigenvalue weighted by molar-refractivity contribution is 6.36. The molecule has 0 saturated carbocycles. The molecule has 8 heteroatoms. The second kappa shape index (κ2) is 10.9. The minimum atomic E-state index is -0.305. The van der Waals surface area contributed by atoms with Crippen molar-refractivity contribution in [3.63, 3.8) is 0 Å². The first-order valence-corrected chi connectivity index (χ1v) is 12.1. The third-order valence-corrected chi connectivity index (χ3v) is 6.13. The lowest BCUT2D eigenvalue weighted by molar-refractivity contribution is -0.111. The lowest BCUT2D eigenvalue weighted by atomic mass is 10.1. The van der Waals surface area contributed by atoms with Crippen molar-refractivity contribution < 1.29 is 9.53 Å². The molecule has 1 heterocycles. The fourth-order valence-corrected chi connectivity index (χ4v) is 4.34. The summed E-state index contributed by atoms with van der Waals surface area (Å²) in [6.45, 7) is 4.11. The predicted molar refractivity (Wildman–Crippen MR) is 143 cm³/mol. The minimum absolute atomic E-state index is 0.305. The van der Waals surface area contributed by atoms with E-state index in [2.05, 4.69) is 34.6 Å². The van der Waals surface area contributed by atoms with Gasteiger partial charge in [-0.15, -0.1) is 10.2 Å². The number of fused-ring (bicyclic) bond motifs is 1. The Morgan fingerprint density at radius 2 is 1.80 bits per heavy atom. The molecule has 180 valence electrons. The van der Waals surface area contributed by atoms with E-state index in [1.165, 1.54) is 31.6 Å². The Kier molecular flexibility index (Phi) is 7.73. The van der Waals surface area contributed by atoms with Crippen LogP contribution in [0.2, 0.25) is 10.0 Å². The number of methoxy groups -OCH3 is 1. The largest absolute Gasteiger partial charge is 0.495 e. The number of carbonyl (C=O) groups excluding carboxylic acids is 1. The second-order valence-corrected chi connectivity index (χ2v) is 9.09. The van der Waals surface area contributed by atoms with Gasteiger partial charge in [-0.2, -0.15) is 4.80 Å². The van der Waals surface area contributed by atoms with Crippen molar-refractivity contribution in [1.82, 2.24) is 15.0 Å². The number of unbranched alkanes of at least 4 members (excludes halogenated alkanes) is 1. The van der Waals surface area contributed by atoms with Crippen LogP contribution in [0.5, 0.6) is 5.75 Å². The number of nitrogens with one attached hydrogen (secondary N) is 1. The number of aromatic nitrogens is 3. The molecule has 0 aliphatic heterocycles. The average Bonchev–Trinajstić information content (AvgIpc) is 3.24. The van der Waals surface area contributed by atoms with Crippen LogP contribution in [0, 0.1) is 6.92 Å². The normalized spacial score (nSPS) is 11.3. The smallest absolute Gasteiger partial charge is 0.248 e. The van der Waals surface area contributed by atoms with E-state index in [9.17, 15) is 4.79 Å². The van der Waals surface area contributed by atoms with E-state index in [0.29, 0.717) is 32.6 Å². The van der Waals surface area contributed by atoms with E-state index < -0.39 is 0 Å². The van der Waals surface area contributed by atoms with Gasteiger partial charge in [0, 0.05) is 22.3 Å². The van der Waals surface area contributed by atoms with Crippen LogP contribution in [0.3, 0.4) is 0 Å². The lowest BCUT2D eigenvalue weighted by Gasteiger charge is -2.08. The molecule has 4 rings (SSSR count). The maximum atomic E-state index is 12.6. The monoisotopic (exact) mass is 508 g/mol. The van der Waals surface area contributed by atoms with Gasteiger partial charge in [0.1, 0.15) is 16.8 Å². The molecule has 0 unspecified atom stereocenters. The predicted octanol–water partition coefficient (Wildman–Crippen LogP) is 7.04. The van der Waals surface area contributed by atoms with Gasteiger partial charge >= 0.3 is 0 Å². The number of ether oxygens (including phenoxy) is 1. The molecule has 35 heavy (non-hydrogen) atoms. The molecule has 0 saturated heterocycles. The molecule has 0 spiro atoms. The number of hydrogen-bond donors (Lipinski definition) is 1. The second-order valence-electron chi connectivity index (χ2n) is 8.25. The number of amides is 1. The highest BCUT2D eigenvalue weighted by Crippen LogP contribution is 2.33. The molecule has 0 aliphatic rings. The van der Waals surface area contributed by atoms with Crippen LogP contribution in [0.4, 0.5) is 5.69 Å². The Morgan fingerprint density at radius 1 is 1.09 bits per heavy atom. The molecule has 1 N–H and O–H groups in total. The van der Waals surface area contributed by atoms with Crippen LogP contribution < -0.4 is 10.1 Å². The summed E-state index contributed by atoms with van der Waals surface area (Å²) in [5, 5.41) is 13.0. The van der Waals surface area contributed by atoms with Gasteiger partial charge in [0.25, 0.3) is 0 Å². The summed E-state index contributed by atoms with van der Waals surface area (Å²) in [6, 6.07) is 15.3. The molecule has 0 atom stereocenters. The third-order valence-electron chi connectivity index (χ3n) is 5.63. The molecule has 0 aliphatic carbocycles. The maximum absolute atomic E-state index is 12.6. The molecule has 0 radical (unpaired) electrons. The van der Waals surface area contributed by atoms with Crippen molar-refractivity contribution in [2.45, 2.75) is 33.1 Å². The molecular weight excluding hydrogens is 483 g/mol. The Bertz CT molecular complexity index is 1390. The fourth-order valence-electron chi connectivity index (χ4n) is 3.75. The first-order valence-electron chi connectivity index (χ1n) is 11.4. The van der Waals surface area contributed by atoms with E-state index >= 15 is 0 Å². The van der Waals surface area contributed by atoms with Crippen LogP contribution >= 0.6 is 23.2 Å². The topological polar surface area (TPSA) is 69.0 Å². The number of aryl methyl sites for hydroxylation is 2. The highest BCUT2D eigenvalue weighted by Gasteiger charge is 2.11. The molecule has 4 aromatic rings. The molecule has 3 aromatic carbocycles. The average molecular weight is 509 g/mol. The van der Waals surface area contributed by atoms with E-state index in [1.54, 1.807) is 23.0 Å². The molecular formula is C27H26Cl2N4O2. The summed E-state index contributed by atoms with van der Waals surface area (Å²) in [4.78, 5) is 14.3. The van der Waals surface area contributed by atoms with E-state index in [1.807, 2.05) is 31.2 Å². The van der Waals surface area contributed by atoms with Gasteiger partial charge in [-0.1, -0.05) is 48.7 Å². The zero-order valence-electron chi connectivity index (χ0n) is 19.8. The Morgan fingerprint density at radius 3 is 2.49 bits per heavy atom. The van der Waals surface area contributed by atoms with E-state index in [4.69, 9.17) is 27.9 Å². The molecule has 1 amide bonds. The van der Waals surface area contributed by atoms with E-state index in [0.717, 1.165) is 23.2 Å². The van der Waals surface area contributed by atoms with Crippen LogP contribution in [0.15, 0.2) is 54.6 Å². The third kappa shape index (κ3) is 5.84. The highest BCUT2D eigenvalue weighted by atomic mass is 35.5. The zero-order chi connectivity index (χ0) is 24.9. The standard InChI is InChI=1S/C27H26Cl2N4O2/c1-4-5-6-18-7-10-21(11-8-18)33-31-24-13-17(2)23(16-25(24)32-33)30-26(34)12-9-19-14-20(28)15-22(29)27(19)35-3/h7-16H,4-6H2,1-3H3,(H,30,34)/b12-9+. The number of carbonyl (C=O) groups is 1. The zero-order valence-corrected chi connectivity index (χ0v) is 21.3. The van der Waals surface area contributed by atoms with Crippen LogP contribution in [0.25, 0.3) is 22.8 Å². The quantitative estimate of drug-likeness (QED) is 0.259. The first kappa shape index (κ1) is 24.8. The van der Waals surface area contributed by atoms with E-state index in [-0.39, 0.29) is 5.91 Å². The van der Waals surface area contributed by atoms with Crippen LogP contribution in [0.1, 0.15) is 36.5 Å². The summed E-state index contributed by atoms with van der Waals surface area (Å²) in [6.07, 6.45) is 6.43. The Balaban J connectivity index is 1.53. The summed E-state index contributed by atoms with van der Waals surface area (Å²) in [7, 11) is 1.51. The molecule has 6 nitrogen and oxygen atoms in total. The number of halogens is 2. The molecule has 1 aromatic heterocycles. The van der Waals surface area contributed by atoms with Crippen molar-refractivity contribution >= 4 is 51.9 Å². The van der Waals surface area contributed by atoms with Crippen molar-refractivity contribution in [3.8, 4) is 11.4 Å². The lowest BCUT2D eigenvalue weighted by Crippen LogP contribution is -2.09. The van der Waals surface area contributed by atoms with Crippen molar-refractivity contribution in [1.29, 1.82) is 0 Å². The number of hydrogen-bond acceptors (Lipinski definition) is 4. The molecule has 0 fully saturated rings. The van der Waals surface area contributed by atoms with Gasteiger partial charge in [-0.05, 0) is 73.4 Å². The van der Waals surface area contributed by atoms with Crippen molar-refractivity contribution in [2.24, 2.45) is 0 Å². The number of anilines is 1. The fraction of sp³-hybridized carbons (Fsp3) is 0.222. The van der Waals surface area contributed by atoms with Gasteiger partial charge in [0.2, 0.25) is 5.91 Å². The molecule has 0 bridgehead atoms. The first-order chi connectivity index (χ1) is 16.9. The van der Waals surface area contributed by atoms with Gasteiger partial charge in [-0.25, -0.2) is 0 Å². The SMILES string of the molecule is CCCCc1ccc(-n2nc3cc(C)c(NC(=O)/C=C/c4cc(Cl)cc(Cl)c4OC)cc3n2)cc1. The number of rotatable bonds is 8. The maximum Gasteiger partial charge on any atom is 0.248 e. The van der Waals surface area contributed by atoms with Gasteiger partial charge in [0.05, 0.1) is 17.8 Å². The van der Waals surface area contributed by atoms with Gasteiger partial charge in [-0.3, -0.25) is 4.79 Å². The Labute approximate surface area is 214 Å².